The van der Waals surface area contributed by atoms with E-state index in [1.807, 2.05) is 42.5 Å². The molecule has 4 rings (SSSR count). The van der Waals surface area contributed by atoms with Gasteiger partial charge in [-0.3, -0.25) is 4.79 Å². The number of H-pyrrole nitrogens is 1. The van der Waals surface area contributed by atoms with Gasteiger partial charge in [0.15, 0.2) is 5.11 Å². The molecular weight excluding hydrogens is 394 g/mol. The fourth-order valence-corrected chi connectivity index (χ4v) is 4.37. The summed E-state index contributed by atoms with van der Waals surface area (Å²) in [6.07, 6.45) is 6.61. The van der Waals surface area contributed by atoms with Crippen LogP contribution in [0.3, 0.4) is 0 Å². The Morgan fingerprint density at radius 2 is 1.97 bits per heavy atom. The van der Waals surface area contributed by atoms with Crippen molar-refractivity contribution in [2.24, 2.45) is 5.73 Å². The standard InChI is InChI=1S/C23H27N5OS/c1-28(16-10-6-3-7-11-16)21-14-18-17(13-19(21)27-23(24)30)26-22(29)20(25-18)12-15-8-4-2-5-9-15/h2,4-5,8-9,13-14,16H,3,6-7,10-12H2,1H3,(H,26,29)(H3,24,27,30). The van der Waals surface area contributed by atoms with Gasteiger partial charge in [-0.05, 0) is 42.8 Å². The first-order chi connectivity index (χ1) is 14.5. The number of aromatic amines is 1. The fourth-order valence-electron chi connectivity index (χ4n) is 4.26. The normalized spacial score (nSPS) is 14.6. The lowest BCUT2D eigenvalue weighted by atomic mass is 9.94. The number of anilines is 2. The summed E-state index contributed by atoms with van der Waals surface area (Å²) in [5.41, 5.74) is 10.4. The first kappa shape index (κ1) is 20.3. The number of hydrogen-bond donors (Lipinski definition) is 3. The average molecular weight is 422 g/mol. The molecule has 7 heteroatoms. The van der Waals surface area contributed by atoms with E-state index in [0.717, 1.165) is 22.5 Å². The van der Waals surface area contributed by atoms with E-state index in [1.54, 1.807) is 0 Å². The van der Waals surface area contributed by atoms with Gasteiger partial charge in [-0.2, -0.15) is 0 Å². The number of rotatable bonds is 5. The molecule has 0 saturated heterocycles. The summed E-state index contributed by atoms with van der Waals surface area (Å²) in [6.45, 7) is 0. The largest absolute Gasteiger partial charge is 0.376 e. The predicted octanol–water partition coefficient (Wildman–Crippen LogP) is 3.94. The number of thiocarbonyl (C=S) groups is 1. The molecule has 1 heterocycles. The van der Waals surface area contributed by atoms with E-state index in [1.165, 1.54) is 32.1 Å². The van der Waals surface area contributed by atoms with Gasteiger partial charge in [-0.25, -0.2) is 4.98 Å². The molecule has 3 aromatic rings. The number of aromatic nitrogens is 2. The maximum absolute atomic E-state index is 12.6. The SMILES string of the molecule is CN(c1cc2nc(Cc3ccccc3)c(=O)[nH]c2cc1NC(N)=S)C1CCCCC1. The third-order valence-corrected chi connectivity index (χ3v) is 5.96. The molecule has 1 aromatic heterocycles. The highest BCUT2D eigenvalue weighted by atomic mass is 32.1. The van der Waals surface area contributed by atoms with E-state index in [0.29, 0.717) is 23.7 Å². The molecule has 0 amide bonds. The van der Waals surface area contributed by atoms with Gasteiger partial charge < -0.3 is 20.9 Å². The Bertz CT molecular complexity index is 1110. The van der Waals surface area contributed by atoms with Gasteiger partial charge in [-0.1, -0.05) is 49.6 Å². The number of nitrogens with one attached hydrogen (secondary N) is 2. The van der Waals surface area contributed by atoms with Crippen molar-refractivity contribution < 1.29 is 0 Å². The van der Waals surface area contributed by atoms with Crippen molar-refractivity contribution in [1.29, 1.82) is 0 Å². The Hall–Kier alpha value is -2.93. The van der Waals surface area contributed by atoms with Crippen molar-refractivity contribution >= 4 is 39.7 Å². The van der Waals surface area contributed by atoms with Gasteiger partial charge in [0.05, 0.1) is 22.4 Å². The van der Waals surface area contributed by atoms with Crippen LogP contribution in [0.15, 0.2) is 47.3 Å². The lowest BCUT2D eigenvalue weighted by Gasteiger charge is -2.34. The molecule has 0 radical (unpaired) electrons. The second-order valence-corrected chi connectivity index (χ2v) is 8.39. The zero-order valence-electron chi connectivity index (χ0n) is 17.1. The first-order valence-electron chi connectivity index (χ1n) is 10.4. The van der Waals surface area contributed by atoms with Gasteiger partial charge in [0, 0.05) is 19.5 Å². The number of nitrogens with zero attached hydrogens (tertiary/aromatic N) is 2. The Morgan fingerprint density at radius 1 is 1.23 bits per heavy atom. The number of nitrogens with two attached hydrogens (primary N) is 1. The molecule has 0 bridgehead atoms. The Labute approximate surface area is 181 Å². The molecule has 0 atom stereocenters. The van der Waals surface area contributed by atoms with Crippen LogP contribution < -0.4 is 21.5 Å². The van der Waals surface area contributed by atoms with Crippen LogP contribution in [-0.4, -0.2) is 28.2 Å². The molecule has 156 valence electrons. The number of hydrogen-bond acceptors (Lipinski definition) is 4. The van der Waals surface area contributed by atoms with Crippen molar-refractivity contribution in [1.82, 2.24) is 9.97 Å². The molecular formula is C23H27N5OS. The Kier molecular flexibility index (Phi) is 5.99. The molecule has 30 heavy (non-hydrogen) atoms. The maximum atomic E-state index is 12.6. The molecule has 6 nitrogen and oxygen atoms in total. The van der Waals surface area contributed by atoms with Crippen LogP contribution in [0.4, 0.5) is 11.4 Å². The van der Waals surface area contributed by atoms with Gasteiger partial charge in [0.1, 0.15) is 5.69 Å². The van der Waals surface area contributed by atoms with E-state index in [9.17, 15) is 4.79 Å². The van der Waals surface area contributed by atoms with Crippen LogP contribution in [0.1, 0.15) is 43.4 Å². The lowest BCUT2D eigenvalue weighted by Crippen LogP contribution is -2.34. The quantitative estimate of drug-likeness (QED) is 0.541. The van der Waals surface area contributed by atoms with E-state index < -0.39 is 0 Å². The summed E-state index contributed by atoms with van der Waals surface area (Å²) < 4.78 is 0. The summed E-state index contributed by atoms with van der Waals surface area (Å²) in [7, 11) is 2.11. The highest BCUT2D eigenvalue weighted by molar-refractivity contribution is 7.80. The van der Waals surface area contributed by atoms with Crippen molar-refractivity contribution in [3.05, 3.63) is 64.1 Å². The highest BCUT2D eigenvalue weighted by Gasteiger charge is 2.21. The monoisotopic (exact) mass is 421 g/mol. The Balaban J connectivity index is 1.77. The highest BCUT2D eigenvalue weighted by Crippen LogP contribution is 2.33. The van der Waals surface area contributed by atoms with Crippen molar-refractivity contribution in [3.63, 3.8) is 0 Å². The summed E-state index contributed by atoms with van der Waals surface area (Å²) in [5, 5.41) is 3.28. The predicted molar refractivity (Wildman–Crippen MR) is 127 cm³/mol. The van der Waals surface area contributed by atoms with Gasteiger partial charge >= 0.3 is 0 Å². The van der Waals surface area contributed by atoms with Gasteiger partial charge in [-0.15, -0.1) is 0 Å². The van der Waals surface area contributed by atoms with Crippen LogP contribution in [0.5, 0.6) is 0 Å². The minimum Gasteiger partial charge on any atom is -0.376 e. The molecule has 1 aliphatic carbocycles. The third kappa shape index (κ3) is 4.46. The molecule has 0 aliphatic heterocycles. The molecule has 0 unspecified atom stereocenters. The van der Waals surface area contributed by atoms with E-state index in [-0.39, 0.29) is 10.7 Å². The average Bonchev–Trinajstić information content (AvgIpc) is 2.74. The van der Waals surface area contributed by atoms with Crippen LogP contribution in [0, 0.1) is 0 Å². The van der Waals surface area contributed by atoms with Gasteiger partial charge in [0.2, 0.25) is 0 Å². The lowest BCUT2D eigenvalue weighted by molar-refractivity contribution is 0.428. The van der Waals surface area contributed by atoms with Crippen LogP contribution >= 0.6 is 12.2 Å². The van der Waals surface area contributed by atoms with Crippen molar-refractivity contribution in [2.45, 2.75) is 44.6 Å². The zero-order chi connectivity index (χ0) is 21.1. The Morgan fingerprint density at radius 3 is 2.67 bits per heavy atom. The van der Waals surface area contributed by atoms with Gasteiger partial charge in [0.25, 0.3) is 5.56 Å². The molecule has 0 spiro atoms. The maximum Gasteiger partial charge on any atom is 0.270 e. The second-order valence-electron chi connectivity index (χ2n) is 7.95. The smallest absolute Gasteiger partial charge is 0.270 e. The number of benzene rings is 2. The third-order valence-electron chi connectivity index (χ3n) is 5.85. The summed E-state index contributed by atoms with van der Waals surface area (Å²) in [4.78, 5) is 22.6. The van der Waals surface area contributed by atoms with E-state index in [2.05, 4.69) is 22.2 Å². The molecule has 1 saturated carbocycles. The van der Waals surface area contributed by atoms with Crippen molar-refractivity contribution in [3.8, 4) is 0 Å². The molecule has 4 N–H and O–H groups in total. The summed E-state index contributed by atoms with van der Waals surface area (Å²) in [5.74, 6) is 0. The topological polar surface area (TPSA) is 87.0 Å². The first-order valence-corrected chi connectivity index (χ1v) is 10.8. The minimum atomic E-state index is -0.180. The summed E-state index contributed by atoms with van der Waals surface area (Å²) in [6, 6.07) is 14.3. The zero-order valence-corrected chi connectivity index (χ0v) is 18.0. The van der Waals surface area contributed by atoms with Crippen LogP contribution in [0.2, 0.25) is 0 Å². The van der Waals surface area contributed by atoms with E-state index in [4.69, 9.17) is 22.9 Å². The molecule has 2 aromatic carbocycles. The summed E-state index contributed by atoms with van der Waals surface area (Å²) >= 11 is 5.08. The van der Waals surface area contributed by atoms with Crippen LogP contribution in [0.25, 0.3) is 11.0 Å². The molecule has 1 fully saturated rings. The number of fused-ring (bicyclic) bond motifs is 1. The van der Waals surface area contributed by atoms with E-state index >= 15 is 0 Å². The second kappa shape index (κ2) is 8.83. The molecule has 1 aliphatic rings. The minimum absolute atomic E-state index is 0.180. The van der Waals surface area contributed by atoms with Crippen LogP contribution in [-0.2, 0) is 6.42 Å². The van der Waals surface area contributed by atoms with Crippen molar-refractivity contribution in [2.75, 3.05) is 17.3 Å². The fraction of sp³-hybridized carbons (Fsp3) is 0.348.